The molecule has 2 aromatic carbocycles. The number of carbonyl (C=O) groups is 2. The van der Waals surface area contributed by atoms with E-state index in [0.29, 0.717) is 18.9 Å². The predicted octanol–water partition coefficient (Wildman–Crippen LogP) is 3.69. The number of carbonyl (C=O) groups excluding carboxylic acids is 1. The van der Waals surface area contributed by atoms with Crippen molar-refractivity contribution >= 4 is 41.1 Å². The molecule has 0 aliphatic rings. The van der Waals surface area contributed by atoms with Crippen LogP contribution in [0.3, 0.4) is 0 Å². The van der Waals surface area contributed by atoms with Gasteiger partial charge in [-0.1, -0.05) is 36.4 Å². The Morgan fingerprint density at radius 1 is 1.07 bits per heavy atom. The molecule has 0 bridgehead atoms. The molecule has 0 saturated heterocycles. The minimum atomic E-state index is -1.10. The third-order valence-electron chi connectivity index (χ3n) is 4.50. The first-order chi connectivity index (χ1) is 14.0. The van der Waals surface area contributed by atoms with E-state index in [9.17, 15) is 9.59 Å². The third kappa shape index (κ3) is 5.37. The summed E-state index contributed by atoms with van der Waals surface area (Å²) in [5.74, 6) is 0.409. The second-order valence-corrected chi connectivity index (χ2v) is 6.43. The number of carboxylic acid groups (broad SMARTS) is 1. The molecule has 158 valence electrons. The molecular formula is C21H24ClN5O3. The Morgan fingerprint density at radius 3 is 2.43 bits per heavy atom. The molecule has 1 heterocycles. The molecule has 0 aliphatic carbocycles. The van der Waals surface area contributed by atoms with Crippen molar-refractivity contribution in [3.05, 3.63) is 59.8 Å². The van der Waals surface area contributed by atoms with Crippen molar-refractivity contribution in [1.82, 2.24) is 15.6 Å². The second kappa shape index (κ2) is 10.4. The maximum atomic E-state index is 11.9. The van der Waals surface area contributed by atoms with Crippen LogP contribution in [0.4, 0.5) is 15.4 Å². The van der Waals surface area contributed by atoms with E-state index in [2.05, 4.69) is 20.9 Å². The Kier molecular flexibility index (Phi) is 7.97. The minimum Gasteiger partial charge on any atom is -0.465 e. The first-order valence-corrected chi connectivity index (χ1v) is 9.24. The zero-order valence-corrected chi connectivity index (χ0v) is 17.3. The summed E-state index contributed by atoms with van der Waals surface area (Å²) in [6, 6.07) is 13.2. The lowest BCUT2D eigenvalue weighted by Crippen LogP contribution is -2.28. The number of anilines is 1. The van der Waals surface area contributed by atoms with Crippen LogP contribution in [0, 0.1) is 0 Å². The normalized spacial score (nSPS) is 10.2. The average Bonchev–Trinajstić information content (AvgIpc) is 2.72. The van der Waals surface area contributed by atoms with E-state index >= 15 is 0 Å². The molecule has 30 heavy (non-hydrogen) atoms. The summed E-state index contributed by atoms with van der Waals surface area (Å²) in [4.78, 5) is 27.1. The maximum Gasteiger partial charge on any atom is 0.404 e. The van der Waals surface area contributed by atoms with E-state index in [0.717, 1.165) is 33.0 Å². The van der Waals surface area contributed by atoms with Gasteiger partial charge >= 0.3 is 12.1 Å². The number of aromatic nitrogens is 1. The van der Waals surface area contributed by atoms with Gasteiger partial charge in [-0.3, -0.25) is 5.32 Å². The molecule has 1 aromatic heterocycles. The number of nitrogens with one attached hydrogen (secondary N) is 3. The maximum absolute atomic E-state index is 11.9. The Morgan fingerprint density at radius 2 is 1.80 bits per heavy atom. The van der Waals surface area contributed by atoms with Crippen molar-refractivity contribution in [1.29, 1.82) is 0 Å². The van der Waals surface area contributed by atoms with Crippen molar-refractivity contribution in [3.63, 3.8) is 0 Å². The monoisotopic (exact) mass is 429 g/mol. The van der Waals surface area contributed by atoms with Gasteiger partial charge in [0, 0.05) is 31.2 Å². The lowest BCUT2D eigenvalue weighted by Gasteiger charge is -2.14. The summed E-state index contributed by atoms with van der Waals surface area (Å²) in [5.41, 5.74) is 9.44. The molecule has 0 fully saturated rings. The number of nitrogens with zero attached hydrogens (tertiary/aromatic N) is 1. The molecule has 0 radical (unpaired) electrons. The lowest BCUT2D eigenvalue weighted by molar-refractivity contribution is 0.194. The van der Waals surface area contributed by atoms with Crippen LogP contribution in [0.5, 0.6) is 0 Å². The van der Waals surface area contributed by atoms with E-state index in [4.69, 9.17) is 10.8 Å². The number of nitrogens with two attached hydrogens (primary N) is 1. The summed E-state index contributed by atoms with van der Waals surface area (Å²) in [5, 5.41) is 18.4. The van der Waals surface area contributed by atoms with Gasteiger partial charge in [0.25, 0.3) is 0 Å². The standard InChI is InChI=1S/C21H23N5O3.ClH/c1-2-23-20(27)26-19-9-17-16(14-5-3-13(10-22)4-6-14)8-7-15(11-25-21(28)29)18(17)12-24-19;/h3-9,12,25H,2,10-11,22H2,1H3,(H,28,29)(H2,23,24,26,27);1H. The number of rotatable bonds is 6. The predicted molar refractivity (Wildman–Crippen MR) is 120 cm³/mol. The Balaban J connectivity index is 0.00000320. The van der Waals surface area contributed by atoms with E-state index in [1.54, 1.807) is 12.3 Å². The van der Waals surface area contributed by atoms with Crippen LogP contribution in [0.1, 0.15) is 18.1 Å². The van der Waals surface area contributed by atoms with E-state index < -0.39 is 6.09 Å². The number of hydrogen-bond donors (Lipinski definition) is 5. The Hall–Kier alpha value is -3.36. The van der Waals surface area contributed by atoms with Crippen molar-refractivity contribution in [2.24, 2.45) is 5.73 Å². The number of hydrogen-bond acceptors (Lipinski definition) is 4. The molecule has 6 N–H and O–H groups in total. The molecule has 8 nitrogen and oxygen atoms in total. The van der Waals surface area contributed by atoms with Gasteiger partial charge in [-0.25, -0.2) is 14.6 Å². The van der Waals surface area contributed by atoms with Crippen LogP contribution in [-0.2, 0) is 13.1 Å². The van der Waals surface area contributed by atoms with Crippen LogP contribution < -0.4 is 21.7 Å². The smallest absolute Gasteiger partial charge is 0.404 e. The van der Waals surface area contributed by atoms with Crippen molar-refractivity contribution in [3.8, 4) is 11.1 Å². The molecule has 0 atom stereocenters. The fourth-order valence-corrected chi connectivity index (χ4v) is 3.08. The molecule has 3 aromatic rings. The van der Waals surface area contributed by atoms with Crippen molar-refractivity contribution in [2.75, 3.05) is 11.9 Å². The molecule has 3 amide bonds. The first-order valence-electron chi connectivity index (χ1n) is 9.24. The van der Waals surface area contributed by atoms with Gasteiger partial charge in [-0.2, -0.15) is 0 Å². The number of pyridine rings is 1. The van der Waals surface area contributed by atoms with Gasteiger partial charge in [-0.15, -0.1) is 12.4 Å². The highest BCUT2D eigenvalue weighted by Crippen LogP contribution is 2.32. The van der Waals surface area contributed by atoms with Gasteiger partial charge in [0.15, 0.2) is 0 Å². The molecule has 3 rings (SSSR count). The van der Waals surface area contributed by atoms with E-state index in [1.807, 2.05) is 43.3 Å². The van der Waals surface area contributed by atoms with Crippen molar-refractivity contribution < 1.29 is 14.7 Å². The third-order valence-corrected chi connectivity index (χ3v) is 4.50. The SMILES string of the molecule is CCNC(=O)Nc1cc2c(-c3ccc(CN)cc3)ccc(CNC(=O)O)c2cn1.Cl. The average molecular weight is 430 g/mol. The van der Waals surface area contributed by atoms with Gasteiger partial charge < -0.3 is 21.5 Å². The highest BCUT2D eigenvalue weighted by molar-refractivity contribution is 6.01. The zero-order valence-electron chi connectivity index (χ0n) is 16.4. The molecule has 0 spiro atoms. The van der Waals surface area contributed by atoms with E-state index in [1.165, 1.54) is 0 Å². The first kappa shape index (κ1) is 22.9. The van der Waals surface area contributed by atoms with Gasteiger partial charge in [0.2, 0.25) is 0 Å². The molecule has 9 heteroatoms. The molecular weight excluding hydrogens is 406 g/mol. The molecule has 0 unspecified atom stereocenters. The summed E-state index contributed by atoms with van der Waals surface area (Å²) >= 11 is 0. The summed E-state index contributed by atoms with van der Waals surface area (Å²) in [6.07, 6.45) is 0.551. The minimum absolute atomic E-state index is 0. The number of benzene rings is 2. The highest BCUT2D eigenvalue weighted by Gasteiger charge is 2.12. The van der Waals surface area contributed by atoms with E-state index in [-0.39, 0.29) is 25.0 Å². The van der Waals surface area contributed by atoms with Gasteiger partial charge in [-0.05, 0) is 40.6 Å². The van der Waals surface area contributed by atoms with Crippen LogP contribution in [0.2, 0.25) is 0 Å². The van der Waals surface area contributed by atoms with Crippen LogP contribution in [0.15, 0.2) is 48.7 Å². The lowest BCUT2D eigenvalue weighted by atomic mass is 9.95. The van der Waals surface area contributed by atoms with Crippen LogP contribution >= 0.6 is 12.4 Å². The fraction of sp³-hybridized carbons (Fsp3) is 0.190. The quantitative estimate of drug-likeness (QED) is 0.408. The molecule has 0 aliphatic heterocycles. The second-order valence-electron chi connectivity index (χ2n) is 6.43. The molecule has 0 saturated carbocycles. The van der Waals surface area contributed by atoms with Gasteiger partial charge in [0.05, 0.1) is 0 Å². The largest absolute Gasteiger partial charge is 0.465 e. The Labute approximate surface area is 180 Å². The van der Waals surface area contributed by atoms with Crippen molar-refractivity contribution in [2.45, 2.75) is 20.0 Å². The summed E-state index contributed by atoms with van der Waals surface area (Å²) in [6.45, 7) is 2.95. The zero-order chi connectivity index (χ0) is 20.8. The number of urea groups is 1. The summed E-state index contributed by atoms with van der Waals surface area (Å²) in [7, 11) is 0. The number of halogens is 1. The topological polar surface area (TPSA) is 129 Å². The van der Waals surface area contributed by atoms with Crippen LogP contribution in [-0.4, -0.2) is 28.8 Å². The Bertz CT molecular complexity index is 1040. The summed E-state index contributed by atoms with van der Waals surface area (Å²) < 4.78 is 0. The highest BCUT2D eigenvalue weighted by atomic mass is 35.5. The number of fused-ring (bicyclic) bond motifs is 1. The fourth-order valence-electron chi connectivity index (χ4n) is 3.08. The van der Waals surface area contributed by atoms with Crippen LogP contribution in [0.25, 0.3) is 21.9 Å². The van der Waals surface area contributed by atoms with Gasteiger partial charge in [0.1, 0.15) is 5.82 Å². The number of amides is 3.